The summed E-state index contributed by atoms with van der Waals surface area (Å²) >= 11 is 0. The summed E-state index contributed by atoms with van der Waals surface area (Å²) in [4.78, 5) is 0. The first-order valence-corrected chi connectivity index (χ1v) is 6.59. The Bertz CT molecular complexity index is 209. The van der Waals surface area contributed by atoms with Crippen molar-refractivity contribution in [1.82, 2.24) is 5.32 Å². The molecule has 3 aliphatic rings. The average Bonchev–Trinajstić information content (AvgIpc) is 2.71. The van der Waals surface area contributed by atoms with E-state index in [9.17, 15) is 0 Å². The van der Waals surface area contributed by atoms with Crippen molar-refractivity contribution < 1.29 is 0 Å². The summed E-state index contributed by atoms with van der Waals surface area (Å²) in [5.41, 5.74) is 0. The molecule has 0 aromatic rings. The molecule has 0 saturated heterocycles. The van der Waals surface area contributed by atoms with E-state index in [4.69, 9.17) is 0 Å². The summed E-state index contributed by atoms with van der Waals surface area (Å²) in [5, 5.41) is 3.84. The van der Waals surface area contributed by atoms with Gasteiger partial charge < -0.3 is 5.32 Å². The van der Waals surface area contributed by atoms with Crippen molar-refractivity contribution in [2.45, 2.75) is 64.0 Å². The Morgan fingerprint density at radius 2 is 1.93 bits per heavy atom. The summed E-state index contributed by atoms with van der Waals surface area (Å²) < 4.78 is 0. The van der Waals surface area contributed by atoms with E-state index in [1.807, 2.05) is 0 Å². The molecule has 0 radical (unpaired) electrons. The van der Waals surface area contributed by atoms with E-state index >= 15 is 0 Å². The molecular weight excluding hydrogens is 170 g/mol. The van der Waals surface area contributed by atoms with Gasteiger partial charge in [0.25, 0.3) is 0 Å². The smallest absolute Gasteiger partial charge is 0.00723 e. The molecule has 0 heterocycles. The van der Waals surface area contributed by atoms with Crippen molar-refractivity contribution in [2.75, 3.05) is 0 Å². The van der Waals surface area contributed by atoms with Gasteiger partial charge in [-0.15, -0.1) is 0 Å². The zero-order valence-electron chi connectivity index (χ0n) is 9.34. The molecular formula is C13H23N. The maximum Gasteiger partial charge on any atom is 0.00723 e. The molecule has 0 amide bonds. The van der Waals surface area contributed by atoms with Crippen LogP contribution in [0.15, 0.2) is 0 Å². The lowest BCUT2D eigenvalue weighted by molar-refractivity contribution is 0.214. The van der Waals surface area contributed by atoms with Crippen LogP contribution < -0.4 is 5.32 Å². The summed E-state index contributed by atoms with van der Waals surface area (Å²) in [6, 6.07) is 1.68. The standard InChI is InChI=1S/C13H23N/c1-9(14-12-3-2-4-12)13-8-10-5-6-11(13)7-10/h9-14H,2-8H2,1H3/t9-,10+,11+,13+/m1/s1. The van der Waals surface area contributed by atoms with Crippen molar-refractivity contribution in [3.8, 4) is 0 Å². The van der Waals surface area contributed by atoms with Crippen LogP contribution in [-0.2, 0) is 0 Å². The number of hydrogen-bond acceptors (Lipinski definition) is 1. The van der Waals surface area contributed by atoms with Gasteiger partial charge in [0, 0.05) is 12.1 Å². The highest BCUT2D eigenvalue weighted by molar-refractivity contribution is 4.95. The zero-order valence-corrected chi connectivity index (χ0v) is 9.34. The molecule has 1 nitrogen and oxygen atoms in total. The Morgan fingerprint density at radius 3 is 2.43 bits per heavy atom. The van der Waals surface area contributed by atoms with Crippen LogP contribution in [0.3, 0.4) is 0 Å². The van der Waals surface area contributed by atoms with E-state index in [2.05, 4.69) is 12.2 Å². The molecule has 0 unspecified atom stereocenters. The van der Waals surface area contributed by atoms with Crippen LogP contribution in [0.2, 0.25) is 0 Å². The van der Waals surface area contributed by atoms with Crippen molar-refractivity contribution >= 4 is 0 Å². The van der Waals surface area contributed by atoms with Crippen molar-refractivity contribution in [2.24, 2.45) is 17.8 Å². The van der Waals surface area contributed by atoms with Crippen LogP contribution in [0.25, 0.3) is 0 Å². The third-order valence-electron chi connectivity index (χ3n) is 5.04. The van der Waals surface area contributed by atoms with E-state index in [1.54, 1.807) is 6.42 Å². The van der Waals surface area contributed by atoms with Gasteiger partial charge in [0.2, 0.25) is 0 Å². The first kappa shape index (κ1) is 9.21. The highest BCUT2D eigenvalue weighted by Crippen LogP contribution is 2.49. The Morgan fingerprint density at radius 1 is 1.07 bits per heavy atom. The average molecular weight is 193 g/mol. The first-order valence-electron chi connectivity index (χ1n) is 6.59. The zero-order chi connectivity index (χ0) is 9.54. The minimum atomic E-state index is 0.801. The molecule has 3 fully saturated rings. The second-order valence-corrected chi connectivity index (χ2v) is 5.92. The van der Waals surface area contributed by atoms with E-state index in [0.717, 1.165) is 29.8 Å². The summed E-state index contributed by atoms with van der Waals surface area (Å²) in [6.45, 7) is 2.43. The first-order chi connectivity index (χ1) is 6.83. The predicted molar refractivity (Wildman–Crippen MR) is 59.2 cm³/mol. The molecule has 4 atom stereocenters. The van der Waals surface area contributed by atoms with Crippen LogP contribution >= 0.6 is 0 Å². The van der Waals surface area contributed by atoms with Gasteiger partial charge >= 0.3 is 0 Å². The normalized spacial score (nSPS) is 43.9. The SMILES string of the molecule is C[C@@H](NC1CCC1)[C@@H]1C[C@H]2CC[C@H]1C2. The Labute approximate surface area is 87.7 Å². The fourth-order valence-electron chi connectivity index (χ4n) is 3.98. The molecule has 3 aliphatic carbocycles. The van der Waals surface area contributed by atoms with Gasteiger partial charge in [0.1, 0.15) is 0 Å². The van der Waals surface area contributed by atoms with Gasteiger partial charge in [-0.25, -0.2) is 0 Å². The molecule has 3 rings (SSSR count). The predicted octanol–water partition coefficient (Wildman–Crippen LogP) is 2.95. The van der Waals surface area contributed by atoms with Gasteiger partial charge in [-0.1, -0.05) is 12.8 Å². The molecule has 0 aliphatic heterocycles. The topological polar surface area (TPSA) is 12.0 Å². The molecule has 80 valence electrons. The second kappa shape index (κ2) is 3.52. The van der Waals surface area contributed by atoms with E-state index < -0.39 is 0 Å². The van der Waals surface area contributed by atoms with Gasteiger partial charge in [0.15, 0.2) is 0 Å². The monoisotopic (exact) mass is 193 g/mol. The van der Waals surface area contributed by atoms with Crippen molar-refractivity contribution in [3.63, 3.8) is 0 Å². The Balaban J connectivity index is 1.54. The largest absolute Gasteiger partial charge is 0.311 e. The number of fused-ring (bicyclic) bond motifs is 2. The third kappa shape index (κ3) is 1.50. The fourth-order valence-corrected chi connectivity index (χ4v) is 3.98. The Kier molecular flexibility index (Phi) is 2.31. The quantitative estimate of drug-likeness (QED) is 0.726. The van der Waals surface area contributed by atoms with Crippen LogP contribution in [-0.4, -0.2) is 12.1 Å². The highest BCUT2D eigenvalue weighted by atomic mass is 15.0. The summed E-state index contributed by atoms with van der Waals surface area (Å²) in [7, 11) is 0. The van der Waals surface area contributed by atoms with Crippen LogP contribution in [0, 0.1) is 17.8 Å². The Hall–Kier alpha value is -0.0400. The number of nitrogens with one attached hydrogen (secondary N) is 1. The highest BCUT2D eigenvalue weighted by Gasteiger charge is 2.42. The second-order valence-electron chi connectivity index (χ2n) is 5.92. The third-order valence-corrected chi connectivity index (χ3v) is 5.04. The van der Waals surface area contributed by atoms with Gasteiger partial charge in [-0.05, 0) is 56.8 Å². The molecule has 0 aromatic carbocycles. The molecule has 1 heteroatoms. The van der Waals surface area contributed by atoms with Crippen molar-refractivity contribution in [1.29, 1.82) is 0 Å². The van der Waals surface area contributed by atoms with E-state index in [-0.39, 0.29) is 0 Å². The van der Waals surface area contributed by atoms with Crippen molar-refractivity contribution in [3.05, 3.63) is 0 Å². The van der Waals surface area contributed by atoms with Crippen LogP contribution in [0.5, 0.6) is 0 Å². The van der Waals surface area contributed by atoms with E-state index in [0.29, 0.717) is 0 Å². The summed E-state index contributed by atoms with van der Waals surface area (Å²) in [6.07, 6.45) is 10.5. The van der Waals surface area contributed by atoms with Gasteiger partial charge in [0.05, 0.1) is 0 Å². The minimum Gasteiger partial charge on any atom is -0.311 e. The molecule has 0 spiro atoms. The minimum absolute atomic E-state index is 0.801. The van der Waals surface area contributed by atoms with Crippen LogP contribution in [0.4, 0.5) is 0 Å². The maximum atomic E-state index is 3.84. The summed E-state index contributed by atoms with van der Waals surface area (Å²) in [5.74, 6) is 3.22. The molecule has 2 bridgehead atoms. The molecule has 3 saturated carbocycles. The fraction of sp³-hybridized carbons (Fsp3) is 1.00. The lowest BCUT2D eigenvalue weighted by Crippen LogP contribution is -2.45. The lowest BCUT2D eigenvalue weighted by atomic mass is 9.82. The van der Waals surface area contributed by atoms with Gasteiger partial charge in [-0.2, -0.15) is 0 Å². The van der Waals surface area contributed by atoms with Gasteiger partial charge in [-0.3, -0.25) is 0 Å². The van der Waals surface area contributed by atoms with Crippen LogP contribution in [0.1, 0.15) is 51.9 Å². The number of hydrogen-bond donors (Lipinski definition) is 1. The molecule has 1 N–H and O–H groups in total. The molecule has 0 aromatic heterocycles. The number of rotatable bonds is 3. The maximum absolute atomic E-state index is 3.84. The lowest BCUT2D eigenvalue weighted by Gasteiger charge is -2.35. The van der Waals surface area contributed by atoms with E-state index in [1.165, 1.54) is 38.5 Å². The molecule has 14 heavy (non-hydrogen) atoms.